The van der Waals surface area contributed by atoms with Crippen LogP contribution in [0.25, 0.3) is 0 Å². The topological polar surface area (TPSA) is 56.3 Å². The second-order valence-corrected chi connectivity index (χ2v) is 5.57. The standard InChI is InChI=1S/C15H23N3O2/c1-2-3-8-20-14-10-13(16-11-6-7-11)17-15(18-14)12-5-4-9-19-12/h10-12H,2-9H2,1H3,(H,16,17,18). The first-order valence-electron chi connectivity index (χ1n) is 7.75. The van der Waals surface area contributed by atoms with Gasteiger partial charge in [0, 0.05) is 18.7 Å². The van der Waals surface area contributed by atoms with E-state index in [1.165, 1.54) is 12.8 Å². The maximum absolute atomic E-state index is 5.74. The van der Waals surface area contributed by atoms with Gasteiger partial charge in [-0.05, 0) is 32.1 Å². The van der Waals surface area contributed by atoms with Gasteiger partial charge in [0.25, 0.3) is 0 Å². The average Bonchev–Trinajstić information content (AvgIpc) is 3.08. The summed E-state index contributed by atoms with van der Waals surface area (Å²) < 4.78 is 11.4. The van der Waals surface area contributed by atoms with Gasteiger partial charge in [0.15, 0.2) is 5.82 Å². The molecule has 0 radical (unpaired) electrons. The van der Waals surface area contributed by atoms with E-state index in [0.717, 1.165) is 43.9 Å². The normalized spacial score (nSPS) is 21.9. The van der Waals surface area contributed by atoms with Crippen LogP contribution in [0.4, 0.5) is 5.82 Å². The summed E-state index contributed by atoms with van der Waals surface area (Å²) in [6.45, 7) is 3.67. The Morgan fingerprint density at radius 1 is 1.35 bits per heavy atom. The molecule has 1 saturated carbocycles. The van der Waals surface area contributed by atoms with Crippen molar-refractivity contribution in [3.05, 3.63) is 11.9 Å². The Hall–Kier alpha value is -1.36. The summed E-state index contributed by atoms with van der Waals surface area (Å²) in [6.07, 6.45) is 6.74. The van der Waals surface area contributed by atoms with Gasteiger partial charge in [-0.25, -0.2) is 4.98 Å². The highest BCUT2D eigenvalue weighted by atomic mass is 16.5. The molecular weight excluding hydrogens is 254 g/mol. The predicted octanol–water partition coefficient (Wildman–Crippen LogP) is 3.08. The van der Waals surface area contributed by atoms with E-state index in [2.05, 4.69) is 22.2 Å². The Morgan fingerprint density at radius 2 is 2.25 bits per heavy atom. The molecule has 110 valence electrons. The Kier molecular flexibility index (Phi) is 4.35. The monoisotopic (exact) mass is 277 g/mol. The third-order valence-electron chi connectivity index (χ3n) is 3.61. The first-order chi connectivity index (χ1) is 9.85. The van der Waals surface area contributed by atoms with Crippen molar-refractivity contribution in [2.24, 2.45) is 0 Å². The van der Waals surface area contributed by atoms with Crippen LogP contribution in [0.2, 0.25) is 0 Å². The molecule has 1 saturated heterocycles. The van der Waals surface area contributed by atoms with Crippen LogP contribution in [0.5, 0.6) is 5.88 Å². The van der Waals surface area contributed by atoms with Gasteiger partial charge in [0.05, 0.1) is 6.61 Å². The van der Waals surface area contributed by atoms with Crippen LogP contribution in [0, 0.1) is 0 Å². The fraction of sp³-hybridized carbons (Fsp3) is 0.733. The molecule has 1 atom stereocenters. The van der Waals surface area contributed by atoms with Crippen molar-refractivity contribution in [1.29, 1.82) is 0 Å². The fourth-order valence-electron chi connectivity index (χ4n) is 2.27. The van der Waals surface area contributed by atoms with Crippen molar-refractivity contribution >= 4 is 5.82 Å². The fourth-order valence-corrected chi connectivity index (χ4v) is 2.27. The van der Waals surface area contributed by atoms with Crippen molar-refractivity contribution < 1.29 is 9.47 Å². The summed E-state index contributed by atoms with van der Waals surface area (Å²) in [5, 5.41) is 3.42. The van der Waals surface area contributed by atoms with Gasteiger partial charge in [-0.1, -0.05) is 13.3 Å². The van der Waals surface area contributed by atoms with Crippen molar-refractivity contribution in [1.82, 2.24) is 9.97 Å². The van der Waals surface area contributed by atoms with E-state index in [-0.39, 0.29) is 6.10 Å². The van der Waals surface area contributed by atoms with Gasteiger partial charge in [-0.15, -0.1) is 0 Å². The molecule has 2 heterocycles. The Bertz CT molecular complexity index is 443. The molecule has 20 heavy (non-hydrogen) atoms. The van der Waals surface area contributed by atoms with Crippen LogP contribution in [-0.2, 0) is 4.74 Å². The smallest absolute Gasteiger partial charge is 0.218 e. The lowest BCUT2D eigenvalue weighted by Crippen LogP contribution is -2.10. The number of nitrogens with zero attached hydrogens (tertiary/aromatic N) is 2. The zero-order valence-electron chi connectivity index (χ0n) is 12.1. The van der Waals surface area contributed by atoms with E-state index >= 15 is 0 Å². The predicted molar refractivity (Wildman–Crippen MR) is 77.0 cm³/mol. The Labute approximate surface area is 120 Å². The quantitative estimate of drug-likeness (QED) is 0.776. The third-order valence-corrected chi connectivity index (χ3v) is 3.61. The van der Waals surface area contributed by atoms with Gasteiger partial charge in [-0.2, -0.15) is 4.98 Å². The van der Waals surface area contributed by atoms with Gasteiger partial charge in [0.1, 0.15) is 11.9 Å². The van der Waals surface area contributed by atoms with Gasteiger partial charge in [0.2, 0.25) is 5.88 Å². The number of ether oxygens (including phenoxy) is 2. The number of rotatable bonds is 7. The van der Waals surface area contributed by atoms with Crippen LogP contribution in [0.3, 0.4) is 0 Å². The SMILES string of the molecule is CCCCOc1cc(NC2CC2)nc(C2CCCO2)n1. The average molecular weight is 277 g/mol. The summed E-state index contributed by atoms with van der Waals surface area (Å²) in [4.78, 5) is 9.11. The molecule has 2 fully saturated rings. The summed E-state index contributed by atoms with van der Waals surface area (Å²) in [5.74, 6) is 2.31. The van der Waals surface area contributed by atoms with E-state index < -0.39 is 0 Å². The number of hydrogen-bond donors (Lipinski definition) is 1. The molecule has 1 aliphatic carbocycles. The minimum atomic E-state index is 0.0319. The summed E-state index contributed by atoms with van der Waals surface area (Å²) in [6, 6.07) is 2.48. The Balaban J connectivity index is 1.74. The van der Waals surface area contributed by atoms with Gasteiger partial charge in [-0.3, -0.25) is 0 Å². The first kappa shape index (κ1) is 13.6. The molecule has 0 bridgehead atoms. The molecule has 0 aromatic carbocycles. The zero-order valence-corrected chi connectivity index (χ0v) is 12.1. The lowest BCUT2D eigenvalue weighted by Gasteiger charge is -2.13. The lowest BCUT2D eigenvalue weighted by atomic mass is 10.2. The van der Waals surface area contributed by atoms with Gasteiger partial charge < -0.3 is 14.8 Å². The van der Waals surface area contributed by atoms with E-state index in [1.807, 2.05) is 6.07 Å². The van der Waals surface area contributed by atoms with Crippen LogP contribution >= 0.6 is 0 Å². The number of hydrogen-bond acceptors (Lipinski definition) is 5. The minimum absolute atomic E-state index is 0.0319. The highest BCUT2D eigenvalue weighted by molar-refractivity contribution is 5.41. The highest BCUT2D eigenvalue weighted by Crippen LogP contribution is 2.30. The van der Waals surface area contributed by atoms with E-state index in [1.54, 1.807) is 0 Å². The van der Waals surface area contributed by atoms with E-state index in [0.29, 0.717) is 18.5 Å². The first-order valence-corrected chi connectivity index (χ1v) is 7.75. The molecule has 0 amide bonds. The van der Waals surface area contributed by atoms with Crippen LogP contribution in [0.1, 0.15) is 57.4 Å². The molecule has 5 nitrogen and oxygen atoms in total. The highest BCUT2D eigenvalue weighted by Gasteiger charge is 2.25. The maximum Gasteiger partial charge on any atom is 0.218 e. The Morgan fingerprint density at radius 3 is 2.95 bits per heavy atom. The summed E-state index contributed by atoms with van der Waals surface area (Å²) in [7, 11) is 0. The molecule has 2 aliphatic rings. The molecule has 1 N–H and O–H groups in total. The largest absolute Gasteiger partial charge is 0.478 e. The number of nitrogens with one attached hydrogen (secondary N) is 1. The third kappa shape index (κ3) is 3.60. The zero-order chi connectivity index (χ0) is 13.8. The molecule has 5 heteroatoms. The summed E-state index contributed by atoms with van der Waals surface area (Å²) in [5.41, 5.74) is 0. The van der Waals surface area contributed by atoms with Crippen molar-refractivity contribution in [3.8, 4) is 5.88 Å². The summed E-state index contributed by atoms with van der Waals surface area (Å²) >= 11 is 0. The molecule has 1 unspecified atom stereocenters. The van der Waals surface area contributed by atoms with Gasteiger partial charge >= 0.3 is 0 Å². The molecular formula is C15H23N3O2. The van der Waals surface area contributed by atoms with E-state index in [4.69, 9.17) is 9.47 Å². The second kappa shape index (κ2) is 6.39. The van der Waals surface area contributed by atoms with Crippen LogP contribution in [-0.4, -0.2) is 29.2 Å². The van der Waals surface area contributed by atoms with Crippen molar-refractivity contribution in [3.63, 3.8) is 0 Å². The van der Waals surface area contributed by atoms with Crippen molar-refractivity contribution in [2.45, 2.75) is 57.6 Å². The lowest BCUT2D eigenvalue weighted by molar-refractivity contribution is 0.104. The van der Waals surface area contributed by atoms with Crippen LogP contribution in [0.15, 0.2) is 6.07 Å². The van der Waals surface area contributed by atoms with Crippen molar-refractivity contribution in [2.75, 3.05) is 18.5 Å². The number of aromatic nitrogens is 2. The molecule has 0 spiro atoms. The minimum Gasteiger partial charge on any atom is -0.478 e. The maximum atomic E-state index is 5.74. The molecule has 3 rings (SSSR count). The molecule has 1 aromatic rings. The molecule has 1 aromatic heterocycles. The number of anilines is 1. The second-order valence-electron chi connectivity index (χ2n) is 5.57. The molecule has 1 aliphatic heterocycles. The van der Waals surface area contributed by atoms with E-state index in [9.17, 15) is 0 Å². The van der Waals surface area contributed by atoms with Crippen LogP contribution < -0.4 is 10.1 Å². The number of unbranched alkanes of at least 4 members (excludes halogenated alkanes) is 1.